The van der Waals surface area contributed by atoms with Gasteiger partial charge in [0, 0.05) is 12.5 Å². The number of hydrogen-bond acceptors (Lipinski definition) is 1. The predicted octanol–water partition coefficient (Wildman–Crippen LogP) is 2.34. The summed E-state index contributed by atoms with van der Waals surface area (Å²) in [6, 6.07) is 0. The van der Waals surface area contributed by atoms with E-state index in [1.54, 1.807) is 0 Å². The maximum absolute atomic E-state index is 11.7. The molecule has 14 heavy (non-hydrogen) atoms. The van der Waals surface area contributed by atoms with Gasteiger partial charge in [-0.3, -0.25) is 4.79 Å². The van der Waals surface area contributed by atoms with E-state index in [0.29, 0.717) is 17.7 Å². The molecule has 0 bridgehead atoms. The summed E-state index contributed by atoms with van der Waals surface area (Å²) in [4.78, 5) is 11.7. The molecule has 80 valence electrons. The lowest BCUT2D eigenvalue weighted by Gasteiger charge is -2.34. The Balaban J connectivity index is 1.90. The number of carbonyl (C=O) groups is 1. The van der Waals surface area contributed by atoms with Crippen LogP contribution in [0.25, 0.3) is 0 Å². The second kappa shape index (κ2) is 4.33. The lowest BCUT2D eigenvalue weighted by molar-refractivity contribution is -0.129. The fourth-order valence-electron chi connectivity index (χ4n) is 2.93. The topological polar surface area (TPSA) is 29.1 Å². The normalized spacial score (nSPS) is 39.2. The lowest BCUT2D eigenvalue weighted by Crippen LogP contribution is -2.40. The Bertz CT molecular complexity index is 206. The van der Waals surface area contributed by atoms with Crippen LogP contribution in [-0.2, 0) is 4.79 Å². The van der Waals surface area contributed by atoms with Crippen LogP contribution in [-0.4, -0.2) is 12.5 Å². The summed E-state index contributed by atoms with van der Waals surface area (Å²) in [6.07, 6.45) is 7.52. The molecular weight excluding hydrogens is 174 g/mol. The van der Waals surface area contributed by atoms with Crippen LogP contribution in [0.5, 0.6) is 0 Å². The van der Waals surface area contributed by atoms with E-state index >= 15 is 0 Å². The van der Waals surface area contributed by atoms with Crippen LogP contribution in [0.1, 0.15) is 45.4 Å². The molecule has 2 aliphatic rings. The van der Waals surface area contributed by atoms with E-state index in [9.17, 15) is 4.79 Å². The highest BCUT2D eigenvalue weighted by Gasteiger charge is 2.32. The second-order valence-corrected chi connectivity index (χ2v) is 5.06. The van der Waals surface area contributed by atoms with Gasteiger partial charge in [0.25, 0.3) is 0 Å². The monoisotopic (exact) mass is 195 g/mol. The van der Waals surface area contributed by atoms with Gasteiger partial charge in [-0.25, -0.2) is 0 Å². The third kappa shape index (κ3) is 2.10. The van der Waals surface area contributed by atoms with Crippen molar-refractivity contribution in [1.82, 2.24) is 5.32 Å². The third-order valence-corrected chi connectivity index (χ3v) is 3.96. The zero-order valence-corrected chi connectivity index (χ0v) is 9.09. The zero-order chi connectivity index (χ0) is 9.97. The van der Waals surface area contributed by atoms with Crippen molar-refractivity contribution in [3.8, 4) is 0 Å². The van der Waals surface area contributed by atoms with Gasteiger partial charge in [0.15, 0.2) is 0 Å². The Morgan fingerprint density at radius 1 is 1.14 bits per heavy atom. The zero-order valence-electron chi connectivity index (χ0n) is 9.09. The molecule has 0 radical (unpaired) electrons. The Morgan fingerprint density at radius 2 is 1.86 bits per heavy atom. The predicted molar refractivity (Wildman–Crippen MR) is 56.9 cm³/mol. The van der Waals surface area contributed by atoms with Crippen LogP contribution >= 0.6 is 0 Å². The highest BCUT2D eigenvalue weighted by molar-refractivity contribution is 5.79. The molecule has 0 aromatic carbocycles. The van der Waals surface area contributed by atoms with E-state index in [1.165, 1.54) is 32.1 Å². The molecule has 1 atom stereocenters. The number of piperidine rings is 1. The van der Waals surface area contributed by atoms with E-state index < -0.39 is 0 Å². The van der Waals surface area contributed by atoms with E-state index in [4.69, 9.17) is 0 Å². The van der Waals surface area contributed by atoms with Gasteiger partial charge >= 0.3 is 0 Å². The molecule has 0 aromatic rings. The molecule has 1 aliphatic carbocycles. The smallest absolute Gasteiger partial charge is 0.223 e. The maximum atomic E-state index is 11.7. The lowest BCUT2D eigenvalue weighted by atomic mass is 9.74. The van der Waals surface area contributed by atoms with Crippen LogP contribution in [0.2, 0.25) is 0 Å². The van der Waals surface area contributed by atoms with Crippen LogP contribution in [0.3, 0.4) is 0 Å². The van der Waals surface area contributed by atoms with E-state index in [-0.39, 0.29) is 0 Å². The molecule has 1 saturated heterocycles. The van der Waals surface area contributed by atoms with Gasteiger partial charge < -0.3 is 5.32 Å². The van der Waals surface area contributed by atoms with Crippen LogP contribution in [0.15, 0.2) is 0 Å². The fourth-order valence-corrected chi connectivity index (χ4v) is 2.93. The molecule has 1 unspecified atom stereocenters. The Kier molecular flexibility index (Phi) is 3.09. The first kappa shape index (κ1) is 10.0. The van der Waals surface area contributed by atoms with Crippen LogP contribution in [0, 0.1) is 17.8 Å². The Labute approximate surface area is 86.5 Å². The summed E-state index contributed by atoms with van der Waals surface area (Å²) in [7, 11) is 0. The number of amides is 1. The molecule has 0 spiro atoms. The fraction of sp³-hybridized carbons (Fsp3) is 0.917. The standard InChI is InChI=1S/C12H21NO/c1-9-4-6-10(7-5-9)11-3-2-8-13-12(11)14/h9-11H,2-8H2,1H3,(H,13,14). The summed E-state index contributed by atoms with van der Waals surface area (Å²) < 4.78 is 0. The molecule has 1 amide bonds. The first-order valence-corrected chi connectivity index (χ1v) is 6.05. The number of nitrogens with one attached hydrogen (secondary N) is 1. The molecule has 0 aromatic heterocycles. The number of hydrogen-bond donors (Lipinski definition) is 1. The van der Waals surface area contributed by atoms with Crippen LogP contribution < -0.4 is 5.32 Å². The average Bonchev–Trinajstić information content (AvgIpc) is 2.20. The van der Waals surface area contributed by atoms with Crippen molar-refractivity contribution in [3.05, 3.63) is 0 Å². The molecular formula is C12H21NO. The summed E-state index contributed by atoms with van der Waals surface area (Å²) in [6.45, 7) is 3.23. The summed E-state index contributed by atoms with van der Waals surface area (Å²) in [5.74, 6) is 2.25. The SMILES string of the molecule is CC1CCC(C2CCCNC2=O)CC1. The van der Waals surface area contributed by atoms with Gasteiger partial charge in [0.05, 0.1) is 0 Å². The minimum Gasteiger partial charge on any atom is -0.356 e. The van der Waals surface area contributed by atoms with Crippen molar-refractivity contribution < 1.29 is 4.79 Å². The number of rotatable bonds is 1. The van der Waals surface area contributed by atoms with Crippen molar-refractivity contribution in [2.45, 2.75) is 45.4 Å². The summed E-state index contributed by atoms with van der Waals surface area (Å²) >= 11 is 0. The quantitative estimate of drug-likeness (QED) is 0.683. The average molecular weight is 195 g/mol. The molecule has 2 nitrogen and oxygen atoms in total. The van der Waals surface area contributed by atoms with E-state index in [1.807, 2.05) is 0 Å². The van der Waals surface area contributed by atoms with Gasteiger partial charge in [-0.15, -0.1) is 0 Å². The molecule has 2 fully saturated rings. The summed E-state index contributed by atoms with van der Waals surface area (Å²) in [5, 5.41) is 3.00. The third-order valence-electron chi connectivity index (χ3n) is 3.96. The minimum atomic E-state index is 0.329. The van der Waals surface area contributed by atoms with Gasteiger partial charge in [-0.05, 0) is 37.5 Å². The van der Waals surface area contributed by atoms with Gasteiger partial charge in [-0.2, -0.15) is 0 Å². The highest BCUT2D eigenvalue weighted by Crippen LogP contribution is 2.35. The van der Waals surface area contributed by atoms with Crippen molar-refractivity contribution in [3.63, 3.8) is 0 Å². The Hall–Kier alpha value is -0.530. The first-order chi connectivity index (χ1) is 6.77. The molecule has 2 heteroatoms. The number of carbonyl (C=O) groups excluding carboxylic acids is 1. The van der Waals surface area contributed by atoms with E-state index in [0.717, 1.165) is 18.9 Å². The second-order valence-electron chi connectivity index (χ2n) is 5.06. The summed E-state index contributed by atoms with van der Waals surface area (Å²) in [5.41, 5.74) is 0. The van der Waals surface area contributed by atoms with Crippen molar-refractivity contribution in [1.29, 1.82) is 0 Å². The highest BCUT2D eigenvalue weighted by atomic mass is 16.1. The van der Waals surface area contributed by atoms with Gasteiger partial charge in [-0.1, -0.05) is 19.8 Å². The largest absolute Gasteiger partial charge is 0.356 e. The van der Waals surface area contributed by atoms with Gasteiger partial charge in [0.2, 0.25) is 5.91 Å². The molecule has 2 rings (SSSR count). The Morgan fingerprint density at radius 3 is 2.50 bits per heavy atom. The molecule has 1 aliphatic heterocycles. The van der Waals surface area contributed by atoms with Crippen molar-refractivity contribution >= 4 is 5.91 Å². The molecule has 1 N–H and O–H groups in total. The van der Waals surface area contributed by atoms with Crippen LogP contribution in [0.4, 0.5) is 0 Å². The van der Waals surface area contributed by atoms with Gasteiger partial charge in [0.1, 0.15) is 0 Å². The molecule has 1 saturated carbocycles. The first-order valence-electron chi connectivity index (χ1n) is 6.05. The van der Waals surface area contributed by atoms with Crippen molar-refractivity contribution in [2.75, 3.05) is 6.54 Å². The maximum Gasteiger partial charge on any atom is 0.223 e. The van der Waals surface area contributed by atoms with E-state index in [2.05, 4.69) is 12.2 Å². The minimum absolute atomic E-state index is 0.329. The van der Waals surface area contributed by atoms with Crippen molar-refractivity contribution in [2.24, 2.45) is 17.8 Å². The molecule has 1 heterocycles.